The lowest BCUT2D eigenvalue weighted by Gasteiger charge is -2.18. The standard InChI is InChI=1S/C20H23N3O3.ClH/c1-12-8-13(2)10-14(9-12)23-7-6-16(20(23)25)19(24)22-18-11-15(26-3)4-5-17(18)21;/h4-5,8-11,16H,6-7,21H2,1-3H3,(H,22,24);1H. The van der Waals surface area contributed by atoms with E-state index in [9.17, 15) is 9.59 Å². The summed E-state index contributed by atoms with van der Waals surface area (Å²) in [5.41, 5.74) is 9.80. The van der Waals surface area contributed by atoms with E-state index in [1.165, 1.54) is 0 Å². The number of ether oxygens (including phenoxy) is 1. The van der Waals surface area contributed by atoms with Gasteiger partial charge in [-0.3, -0.25) is 9.59 Å². The van der Waals surface area contributed by atoms with Crippen LogP contribution >= 0.6 is 12.4 Å². The number of anilines is 3. The summed E-state index contributed by atoms with van der Waals surface area (Å²) < 4.78 is 5.15. The van der Waals surface area contributed by atoms with Crippen LogP contribution in [0.25, 0.3) is 0 Å². The highest BCUT2D eigenvalue weighted by Gasteiger charge is 2.37. The van der Waals surface area contributed by atoms with E-state index in [1.807, 2.05) is 26.0 Å². The number of hydrogen-bond acceptors (Lipinski definition) is 4. The van der Waals surface area contributed by atoms with Crippen molar-refractivity contribution in [3.05, 3.63) is 47.5 Å². The van der Waals surface area contributed by atoms with Gasteiger partial charge in [-0.15, -0.1) is 12.4 Å². The first-order valence-electron chi connectivity index (χ1n) is 8.53. The predicted octanol–water partition coefficient (Wildman–Crippen LogP) is 3.31. The minimum absolute atomic E-state index is 0. The monoisotopic (exact) mass is 389 g/mol. The van der Waals surface area contributed by atoms with Crippen molar-refractivity contribution in [3.63, 3.8) is 0 Å². The largest absolute Gasteiger partial charge is 0.497 e. The van der Waals surface area contributed by atoms with Crippen molar-refractivity contribution in [2.45, 2.75) is 20.3 Å². The fraction of sp³-hybridized carbons (Fsp3) is 0.300. The summed E-state index contributed by atoms with van der Waals surface area (Å²) in [7, 11) is 1.54. The molecule has 7 heteroatoms. The number of carbonyl (C=O) groups is 2. The molecule has 1 unspecified atom stereocenters. The molecule has 1 heterocycles. The first-order valence-corrected chi connectivity index (χ1v) is 8.53. The number of rotatable bonds is 4. The van der Waals surface area contributed by atoms with Gasteiger partial charge in [0.15, 0.2) is 0 Å². The highest BCUT2D eigenvalue weighted by molar-refractivity contribution is 6.13. The van der Waals surface area contributed by atoms with Crippen molar-refractivity contribution >= 4 is 41.3 Å². The summed E-state index contributed by atoms with van der Waals surface area (Å²) in [6.07, 6.45) is 0.474. The van der Waals surface area contributed by atoms with E-state index in [0.717, 1.165) is 16.8 Å². The maximum atomic E-state index is 12.8. The Bertz CT molecular complexity index is 849. The molecule has 0 aromatic heterocycles. The van der Waals surface area contributed by atoms with Gasteiger partial charge in [-0.25, -0.2) is 0 Å². The molecule has 0 bridgehead atoms. The number of nitrogens with one attached hydrogen (secondary N) is 1. The van der Waals surface area contributed by atoms with Gasteiger partial charge in [0, 0.05) is 18.3 Å². The second kappa shape index (κ2) is 8.31. The number of benzene rings is 2. The van der Waals surface area contributed by atoms with Gasteiger partial charge < -0.3 is 20.7 Å². The zero-order valence-electron chi connectivity index (χ0n) is 15.6. The first-order chi connectivity index (χ1) is 12.4. The van der Waals surface area contributed by atoms with Gasteiger partial charge in [0.1, 0.15) is 11.7 Å². The highest BCUT2D eigenvalue weighted by atomic mass is 35.5. The molecular weight excluding hydrogens is 366 g/mol. The number of halogens is 1. The zero-order chi connectivity index (χ0) is 18.8. The zero-order valence-corrected chi connectivity index (χ0v) is 16.4. The predicted molar refractivity (Wildman–Crippen MR) is 110 cm³/mol. The van der Waals surface area contributed by atoms with E-state index in [-0.39, 0.29) is 24.2 Å². The van der Waals surface area contributed by atoms with Crippen LogP contribution in [-0.2, 0) is 9.59 Å². The molecule has 1 atom stereocenters. The lowest BCUT2D eigenvalue weighted by molar-refractivity contribution is -0.129. The van der Waals surface area contributed by atoms with Crippen LogP contribution < -0.4 is 20.7 Å². The number of aryl methyl sites for hydroxylation is 2. The van der Waals surface area contributed by atoms with Crippen LogP contribution in [0.2, 0.25) is 0 Å². The second-order valence-electron chi connectivity index (χ2n) is 6.62. The molecule has 0 saturated carbocycles. The van der Waals surface area contributed by atoms with Crippen molar-refractivity contribution in [1.82, 2.24) is 0 Å². The van der Waals surface area contributed by atoms with Crippen molar-refractivity contribution < 1.29 is 14.3 Å². The minimum Gasteiger partial charge on any atom is -0.497 e. The molecule has 2 aromatic rings. The number of nitrogen functional groups attached to an aromatic ring is 1. The van der Waals surface area contributed by atoms with Crippen LogP contribution in [0.3, 0.4) is 0 Å². The fourth-order valence-electron chi connectivity index (χ4n) is 3.28. The molecule has 6 nitrogen and oxygen atoms in total. The van der Waals surface area contributed by atoms with E-state index >= 15 is 0 Å². The summed E-state index contributed by atoms with van der Waals surface area (Å²) in [6.45, 7) is 4.51. The number of hydrogen-bond donors (Lipinski definition) is 2. The van der Waals surface area contributed by atoms with Crippen LogP contribution in [-0.4, -0.2) is 25.5 Å². The minimum atomic E-state index is -0.721. The summed E-state index contributed by atoms with van der Waals surface area (Å²) in [6, 6.07) is 11.0. The molecule has 1 fully saturated rings. The third-order valence-corrected chi connectivity index (χ3v) is 4.56. The first kappa shape index (κ1) is 20.6. The number of carbonyl (C=O) groups excluding carboxylic acids is 2. The fourth-order valence-corrected chi connectivity index (χ4v) is 3.28. The van der Waals surface area contributed by atoms with E-state index in [4.69, 9.17) is 10.5 Å². The highest BCUT2D eigenvalue weighted by Crippen LogP contribution is 2.29. The average Bonchev–Trinajstić information content (AvgIpc) is 2.97. The number of methoxy groups -OCH3 is 1. The maximum absolute atomic E-state index is 12.8. The second-order valence-corrected chi connectivity index (χ2v) is 6.62. The summed E-state index contributed by atoms with van der Waals surface area (Å²) in [5, 5.41) is 2.76. The third kappa shape index (κ3) is 4.34. The van der Waals surface area contributed by atoms with Crippen LogP contribution in [0.4, 0.5) is 17.1 Å². The Morgan fingerprint density at radius 1 is 1.19 bits per heavy atom. The Kier molecular flexibility index (Phi) is 6.33. The van der Waals surface area contributed by atoms with Crippen LogP contribution in [0, 0.1) is 19.8 Å². The van der Waals surface area contributed by atoms with Crippen molar-refractivity contribution in [3.8, 4) is 5.75 Å². The van der Waals surface area contributed by atoms with Gasteiger partial charge in [0.2, 0.25) is 11.8 Å². The van der Waals surface area contributed by atoms with E-state index in [1.54, 1.807) is 30.2 Å². The molecule has 1 aliphatic heterocycles. The normalized spacial score (nSPS) is 16.0. The number of nitrogens with zero attached hydrogens (tertiary/aromatic N) is 1. The Labute approximate surface area is 165 Å². The Morgan fingerprint density at radius 2 is 1.85 bits per heavy atom. The Hall–Kier alpha value is -2.73. The third-order valence-electron chi connectivity index (χ3n) is 4.56. The summed E-state index contributed by atoms with van der Waals surface area (Å²) >= 11 is 0. The maximum Gasteiger partial charge on any atom is 0.239 e. The summed E-state index contributed by atoms with van der Waals surface area (Å²) in [5.74, 6) is -0.665. The molecular formula is C20H24ClN3O3. The van der Waals surface area contributed by atoms with E-state index in [2.05, 4.69) is 11.4 Å². The molecule has 2 aromatic carbocycles. The molecule has 0 spiro atoms. The molecule has 27 heavy (non-hydrogen) atoms. The van der Waals surface area contributed by atoms with Crippen LogP contribution in [0.15, 0.2) is 36.4 Å². The molecule has 144 valence electrons. The Balaban J connectivity index is 0.00000261. The smallest absolute Gasteiger partial charge is 0.239 e. The molecule has 0 aliphatic carbocycles. The summed E-state index contributed by atoms with van der Waals surface area (Å²) in [4.78, 5) is 27.1. The van der Waals surface area contributed by atoms with Gasteiger partial charge in [-0.1, -0.05) is 6.07 Å². The number of amides is 2. The van der Waals surface area contributed by atoms with Crippen LogP contribution in [0.1, 0.15) is 17.5 Å². The molecule has 3 N–H and O–H groups in total. The molecule has 0 radical (unpaired) electrons. The average molecular weight is 390 g/mol. The van der Waals surface area contributed by atoms with Crippen molar-refractivity contribution in [2.24, 2.45) is 5.92 Å². The Morgan fingerprint density at radius 3 is 2.48 bits per heavy atom. The van der Waals surface area contributed by atoms with Gasteiger partial charge in [-0.05, 0) is 55.7 Å². The number of nitrogens with two attached hydrogens (primary N) is 1. The molecule has 3 rings (SSSR count). The van der Waals surface area contributed by atoms with Crippen molar-refractivity contribution in [1.29, 1.82) is 0 Å². The van der Waals surface area contributed by atoms with Gasteiger partial charge in [0.25, 0.3) is 0 Å². The van der Waals surface area contributed by atoms with Crippen molar-refractivity contribution in [2.75, 3.05) is 29.6 Å². The quantitative estimate of drug-likeness (QED) is 0.620. The van der Waals surface area contributed by atoms with Gasteiger partial charge in [0.05, 0.1) is 18.5 Å². The lowest BCUT2D eigenvalue weighted by Crippen LogP contribution is -2.33. The SMILES string of the molecule is COc1ccc(N)c(NC(=O)C2CCN(c3cc(C)cc(C)c3)C2=O)c1.Cl. The van der Waals surface area contributed by atoms with Gasteiger partial charge >= 0.3 is 0 Å². The van der Waals surface area contributed by atoms with E-state index in [0.29, 0.717) is 30.1 Å². The molecule has 2 amide bonds. The lowest BCUT2D eigenvalue weighted by atomic mass is 10.1. The topological polar surface area (TPSA) is 84.7 Å². The molecule has 1 aliphatic rings. The van der Waals surface area contributed by atoms with Gasteiger partial charge in [-0.2, -0.15) is 0 Å². The van der Waals surface area contributed by atoms with Crippen LogP contribution in [0.5, 0.6) is 5.75 Å². The van der Waals surface area contributed by atoms with E-state index < -0.39 is 5.92 Å². The molecule has 1 saturated heterocycles.